The number of rotatable bonds is 6. The Labute approximate surface area is 173 Å². The third kappa shape index (κ3) is 4.51. The number of fused-ring (bicyclic) bond motifs is 1. The Kier molecular flexibility index (Phi) is 6.09. The molecule has 29 heavy (non-hydrogen) atoms. The summed E-state index contributed by atoms with van der Waals surface area (Å²) in [5, 5.41) is 0. The van der Waals surface area contributed by atoms with Crippen LogP contribution in [0.2, 0.25) is 0 Å². The van der Waals surface area contributed by atoms with Crippen LogP contribution in [0.25, 0.3) is 10.2 Å². The lowest BCUT2D eigenvalue weighted by atomic mass is 10.1. The molecule has 2 aromatic carbocycles. The second-order valence-electron chi connectivity index (χ2n) is 6.45. The van der Waals surface area contributed by atoms with E-state index in [0.717, 1.165) is 21.3 Å². The molecule has 3 rings (SSSR count). The van der Waals surface area contributed by atoms with Crippen LogP contribution in [0.4, 0.5) is 0 Å². The predicted molar refractivity (Wildman–Crippen MR) is 112 cm³/mol. The molecule has 0 spiro atoms. The van der Waals surface area contributed by atoms with Gasteiger partial charge < -0.3 is 14.0 Å². The first kappa shape index (κ1) is 21.1. The second kappa shape index (κ2) is 8.38. The highest BCUT2D eigenvalue weighted by Crippen LogP contribution is 2.24. The standard InChI is InChI=1S/C20H22N2O5S2/c1-5-27-18(23)12-22-17-11-13(2)10-14(3)19(17)28-20(22)21-29(24,25)16-8-6-15(26-4)7-9-16/h6-11H,5,12H2,1-4H3/b21-20-. The van der Waals surface area contributed by atoms with E-state index in [1.54, 1.807) is 23.6 Å². The topological polar surface area (TPSA) is 87.0 Å². The van der Waals surface area contributed by atoms with Gasteiger partial charge in [-0.25, -0.2) is 0 Å². The zero-order valence-corrected chi connectivity index (χ0v) is 18.3. The molecule has 0 saturated carbocycles. The van der Waals surface area contributed by atoms with E-state index < -0.39 is 16.0 Å². The highest BCUT2D eigenvalue weighted by atomic mass is 32.2. The van der Waals surface area contributed by atoms with Crippen LogP contribution in [-0.4, -0.2) is 32.7 Å². The minimum atomic E-state index is -3.97. The highest BCUT2D eigenvalue weighted by molar-refractivity contribution is 7.90. The summed E-state index contributed by atoms with van der Waals surface area (Å²) in [4.78, 5) is 12.4. The predicted octanol–water partition coefficient (Wildman–Crippen LogP) is 3.18. The van der Waals surface area contributed by atoms with E-state index >= 15 is 0 Å². The van der Waals surface area contributed by atoms with Crippen LogP contribution in [0.5, 0.6) is 5.75 Å². The minimum absolute atomic E-state index is 0.0475. The highest BCUT2D eigenvalue weighted by Gasteiger charge is 2.17. The molecule has 0 aliphatic heterocycles. The molecular weight excluding hydrogens is 412 g/mol. The molecule has 154 valence electrons. The molecule has 0 aliphatic carbocycles. The van der Waals surface area contributed by atoms with Crippen molar-refractivity contribution >= 4 is 37.5 Å². The summed E-state index contributed by atoms with van der Waals surface area (Å²) in [6, 6.07) is 9.93. The molecule has 1 aromatic heterocycles. The van der Waals surface area contributed by atoms with Crippen molar-refractivity contribution < 1.29 is 22.7 Å². The summed E-state index contributed by atoms with van der Waals surface area (Å²) in [5.41, 5.74) is 2.75. The van der Waals surface area contributed by atoms with Gasteiger partial charge >= 0.3 is 5.97 Å². The SMILES string of the molecule is CCOC(=O)Cn1/c(=N/S(=O)(=O)c2ccc(OC)cc2)sc2c(C)cc(C)cc21. The van der Waals surface area contributed by atoms with Gasteiger partial charge in [-0.15, -0.1) is 4.40 Å². The van der Waals surface area contributed by atoms with Crippen LogP contribution in [0, 0.1) is 13.8 Å². The van der Waals surface area contributed by atoms with Gasteiger partial charge in [0.05, 0.1) is 28.8 Å². The van der Waals surface area contributed by atoms with Crippen molar-refractivity contribution in [2.45, 2.75) is 32.2 Å². The zero-order valence-electron chi connectivity index (χ0n) is 16.6. The maximum atomic E-state index is 12.9. The lowest BCUT2D eigenvalue weighted by Crippen LogP contribution is -2.23. The quantitative estimate of drug-likeness (QED) is 0.556. The average molecular weight is 435 g/mol. The third-order valence-corrected chi connectivity index (χ3v) is 6.89. The van der Waals surface area contributed by atoms with Crippen molar-refractivity contribution in [2.24, 2.45) is 4.40 Å². The number of nitrogens with zero attached hydrogens (tertiary/aromatic N) is 2. The Balaban J connectivity index is 2.20. The summed E-state index contributed by atoms with van der Waals surface area (Å²) >= 11 is 1.23. The van der Waals surface area contributed by atoms with Gasteiger partial charge in [0.2, 0.25) is 4.80 Å². The summed E-state index contributed by atoms with van der Waals surface area (Å²) in [6.07, 6.45) is 0. The number of aromatic nitrogens is 1. The molecule has 0 N–H and O–H groups in total. The Morgan fingerprint density at radius 2 is 1.86 bits per heavy atom. The monoisotopic (exact) mass is 434 g/mol. The fraction of sp³-hybridized carbons (Fsp3) is 0.300. The molecule has 0 amide bonds. The van der Waals surface area contributed by atoms with Crippen molar-refractivity contribution in [3.8, 4) is 5.75 Å². The van der Waals surface area contributed by atoms with E-state index in [4.69, 9.17) is 9.47 Å². The van der Waals surface area contributed by atoms with Crippen molar-refractivity contribution in [3.63, 3.8) is 0 Å². The molecule has 1 heterocycles. The number of methoxy groups -OCH3 is 1. The van der Waals surface area contributed by atoms with Crippen LogP contribution in [-0.2, 0) is 26.1 Å². The van der Waals surface area contributed by atoms with Crippen LogP contribution in [0.1, 0.15) is 18.1 Å². The molecule has 9 heteroatoms. The normalized spacial score (nSPS) is 12.3. The lowest BCUT2D eigenvalue weighted by Gasteiger charge is -2.07. The number of thiazole rings is 1. The molecular formula is C20H22N2O5S2. The summed E-state index contributed by atoms with van der Waals surface area (Å²) < 4.78 is 42.4. The fourth-order valence-electron chi connectivity index (χ4n) is 2.97. The van der Waals surface area contributed by atoms with Crippen LogP contribution in [0.3, 0.4) is 0 Å². The largest absolute Gasteiger partial charge is 0.497 e. The Bertz CT molecular complexity index is 1220. The van der Waals surface area contributed by atoms with Gasteiger partial charge in [-0.3, -0.25) is 4.79 Å². The van der Waals surface area contributed by atoms with Crippen LogP contribution in [0.15, 0.2) is 45.7 Å². The first-order valence-corrected chi connectivity index (χ1v) is 11.2. The van der Waals surface area contributed by atoms with Gasteiger partial charge in [0.25, 0.3) is 10.0 Å². The zero-order chi connectivity index (χ0) is 21.2. The lowest BCUT2D eigenvalue weighted by molar-refractivity contribution is -0.143. The number of aryl methyl sites for hydroxylation is 2. The molecule has 0 aliphatic rings. The number of esters is 1. The maximum absolute atomic E-state index is 12.9. The molecule has 0 atom stereocenters. The van der Waals surface area contributed by atoms with E-state index in [-0.39, 0.29) is 22.8 Å². The number of carbonyl (C=O) groups excluding carboxylic acids is 1. The van der Waals surface area contributed by atoms with Crippen molar-refractivity contribution in [3.05, 3.63) is 52.3 Å². The van der Waals surface area contributed by atoms with Gasteiger partial charge in [-0.2, -0.15) is 8.42 Å². The smallest absolute Gasteiger partial charge is 0.326 e. The number of benzene rings is 2. The number of sulfonamides is 1. The fourth-order valence-corrected chi connectivity index (χ4v) is 5.26. The minimum Gasteiger partial charge on any atom is -0.497 e. The van der Waals surface area contributed by atoms with Gasteiger partial charge in [0.1, 0.15) is 12.3 Å². The van der Waals surface area contributed by atoms with Crippen molar-refractivity contribution in [1.82, 2.24) is 4.57 Å². The van der Waals surface area contributed by atoms with Gasteiger partial charge in [0, 0.05) is 0 Å². The Morgan fingerprint density at radius 3 is 2.48 bits per heavy atom. The first-order chi connectivity index (χ1) is 13.7. The first-order valence-electron chi connectivity index (χ1n) is 8.96. The molecule has 0 radical (unpaired) electrons. The third-order valence-electron chi connectivity index (χ3n) is 4.26. The van der Waals surface area contributed by atoms with Crippen molar-refractivity contribution in [2.75, 3.05) is 13.7 Å². The number of carbonyl (C=O) groups is 1. The molecule has 0 unspecified atom stereocenters. The molecule has 3 aromatic rings. The molecule has 0 saturated heterocycles. The summed E-state index contributed by atoms with van der Waals surface area (Å²) in [6.45, 7) is 5.75. The Morgan fingerprint density at radius 1 is 1.17 bits per heavy atom. The Hall–Kier alpha value is -2.65. The van der Waals surface area contributed by atoms with Gasteiger partial charge in [-0.1, -0.05) is 17.4 Å². The summed E-state index contributed by atoms with van der Waals surface area (Å²) in [5.74, 6) is 0.101. The van der Waals surface area contributed by atoms with Gasteiger partial charge in [-0.05, 0) is 62.2 Å². The second-order valence-corrected chi connectivity index (χ2v) is 9.03. The summed E-state index contributed by atoms with van der Waals surface area (Å²) in [7, 11) is -2.46. The average Bonchev–Trinajstić information content (AvgIpc) is 2.99. The van der Waals surface area contributed by atoms with Crippen LogP contribution < -0.4 is 9.54 Å². The molecule has 0 fully saturated rings. The molecule has 7 nitrogen and oxygen atoms in total. The number of ether oxygens (including phenoxy) is 2. The maximum Gasteiger partial charge on any atom is 0.326 e. The van der Waals surface area contributed by atoms with E-state index in [1.165, 1.54) is 30.6 Å². The molecule has 0 bridgehead atoms. The number of hydrogen-bond acceptors (Lipinski definition) is 6. The van der Waals surface area contributed by atoms with Gasteiger partial charge in [0.15, 0.2) is 0 Å². The van der Waals surface area contributed by atoms with Crippen LogP contribution >= 0.6 is 11.3 Å². The van der Waals surface area contributed by atoms with E-state index in [9.17, 15) is 13.2 Å². The van der Waals surface area contributed by atoms with E-state index in [2.05, 4.69) is 4.40 Å². The van der Waals surface area contributed by atoms with E-state index in [0.29, 0.717) is 5.75 Å². The van der Waals surface area contributed by atoms with E-state index in [1.807, 2.05) is 26.0 Å². The number of hydrogen-bond donors (Lipinski definition) is 0. The van der Waals surface area contributed by atoms with Crippen molar-refractivity contribution in [1.29, 1.82) is 0 Å².